The summed E-state index contributed by atoms with van der Waals surface area (Å²) in [6.45, 7) is 4.75. The molecule has 2 N–H and O–H groups in total. The van der Waals surface area contributed by atoms with Gasteiger partial charge in [0.05, 0.1) is 5.69 Å². The third-order valence-electron chi connectivity index (χ3n) is 4.19. The van der Waals surface area contributed by atoms with Gasteiger partial charge in [0.1, 0.15) is 17.8 Å². The van der Waals surface area contributed by atoms with Crippen molar-refractivity contribution < 1.29 is 34.7 Å². The average Bonchev–Trinajstić information content (AvgIpc) is 3.14. The van der Waals surface area contributed by atoms with Gasteiger partial charge in [-0.25, -0.2) is 24.0 Å². The maximum absolute atomic E-state index is 14.5. The minimum Gasteiger partial charge on any atom is -0.481 e. The van der Waals surface area contributed by atoms with E-state index in [4.69, 9.17) is 9.90 Å². The summed E-state index contributed by atoms with van der Waals surface area (Å²) in [4.78, 5) is 22.0. The van der Waals surface area contributed by atoms with Crippen LogP contribution in [0.15, 0.2) is 60.9 Å². The van der Waals surface area contributed by atoms with Gasteiger partial charge in [0.2, 0.25) is 5.95 Å². The number of aryl methyl sites for hydroxylation is 2. The minimum atomic E-state index is -0.833. The maximum atomic E-state index is 14.5. The van der Waals surface area contributed by atoms with Crippen molar-refractivity contribution in [1.29, 1.82) is 0 Å². The van der Waals surface area contributed by atoms with Crippen LogP contribution in [0.3, 0.4) is 0 Å². The fraction of sp³-hybridized carbons (Fsp3) is 0.174. The molecular formula is C23H23FN6O2Pd. The van der Waals surface area contributed by atoms with E-state index in [9.17, 15) is 4.39 Å². The summed E-state index contributed by atoms with van der Waals surface area (Å²) in [5, 5.41) is 14.6. The van der Waals surface area contributed by atoms with E-state index in [-0.39, 0.29) is 20.4 Å². The normalized spacial score (nSPS) is 9.94. The van der Waals surface area contributed by atoms with Crippen LogP contribution < -0.4 is 5.32 Å². The van der Waals surface area contributed by atoms with Crippen LogP contribution in [0.5, 0.6) is 0 Å². The number of hydrogen-bond acceptors (Lipinski definition) is 6. The van der Waals surface area contributed by atoms with Gasteiger partial charge in [0.15, 0.2) is 5.82 Å². The molecule has 0 aliphatic rings. The number of benzene rings is 2. The van der Waals surface area contributed by atoms with Crippen LogP contribution in [-0.2, 0) is 31.6 Å². The summed E-state index contributed by atoms with van der Waals surface area (Å²) in [6, 6.07) is 16.9. The number of carbonyl (C=O) groups is 1. The summed E-state index contributed by atoms with van der Waals surface area (Å²) in [7, 11) is 0. The fourth-order valence-electron chi connectivity index (χ4n) is 2.95. The van der Waals surface area contributed by atoms with E-state index in [1.807, 2.05) is 31.2 Å². The van der Waals surface area contributed by atoms with Gasteiger partial charge in [-0.15, -0.1) is 0 Å². The zero-order chi connectivity index (χ0) is 23.1. The molecule has 2 heterocycles. The van der Waals surface area contributed by atoms with Gasteiger partial charge in [0.25, 0.3) is 5.97 Å². The second-order valence-electron chi connectivity index (χ2n) is 7.03. The van der Waals surface area contributed by atoms with E-state index >= 15 is 0 Å². The Bertz CT molecular complexity index is 1210. The summed E-state index contributed by atoms with van der Waals surface area (Å²) in [5.41, 5.74) is 3.82. The molecule has 174 valence electrons. The van der Waals surface area contributed by atoms with Gasteiger partial charge in [-0.3, -0.25) is 4.79 Å². The van der Waals surface area contributed by atoms with Gasteiger partial charge >= 0.3 is 0 Å². The predicted octanol–water partition coefficient (Wildman–Crippen LogP) is 4.24. The molecule has 2 aromatic carbocycles. The van der Waals surface area contributed by atoms with Crippen molar-refractivity contribution in [3.05, 3.63) is 89.5 Å². The zero-order valence-corrected chi connectivity index (χ0v) is 19.8. The molecule has 4 rings (SSSR count). The Balaban J connectivity index is 0.000000714. The van der Waals surface area contributed by atoms with Crippen molar-refractivity contribution in [1.82, 2.24) is 24.7 Å². The molecule has 0 amide bonds. The summed E-state index contributed by atoms with van der Waals surface area (Å²) < 4.78 is 15.9. The standard InChI is InChI=1S/C21H19FN6.C2H4O2.Pd/c1-14-10-18(11-16-6-4-3-5-7-16)26-21(24-14)25-17-8-9-20(19(22)12-17)28-13-23-15(2)27-28;1-2(3)4;/h3-10,12-13H,11H2,1-2H3,(H,24,25,26);1H3,(H,3,4);. The quantitative estimate of drug-likeness (QED) is 0.365. The van der Waals surface area contributed by atoms with Crippen LogP contribution in [0.2, 0.25) is 0 Å². The van der Waals surface area contributed by atoms with Crippen molar-refractivity contribution in [2.45, 2.75) is 27.2 Å². The largest absolute Gasteiger partial charge is 0.481 e. The summed E-state index contributed by atoms with van der Waals surface area (Å²) in [5.74, 6) is -0.220. The van der Waals surface area contributed by atoms with Crippen LogP contribution in [-0.4, -0.2) is 35.8 Å². The molecule has 0 fully saturated rings. The second kappa shape index (κ2) is 11.9. The van der Waals surface area contributed by atoms with Crippen LogP contribution in [0.4, 0.5) is 16.0 Å². The van der Waals surface area contributed by atoms with Crippen LogP contribution in [0.25, 0.3) is 5.69 Å². The van der Waals surface area contributed by atoms with Gasteiger partial charge in [-0.1, -0.05) is 30.3 Å². The van der Waals surface area contributed by atoms with Crippen molar-refractivity contribution >= 4 is 17.6 Å². The molecule has 0 bridgehead atoms. The summed E-state index contributed by atoms with van der Waals surface area (Å²) >= 11 is 0. The molecule has 0 atom stereocenters. The number of aliphatic carboxylic acids is 1. The molecule has 10 heteroatoms. The molecular weight excluding hydrogens is 518 g/mol. The molecule has 0 spiro atoms. The van der Waals surface area contributed by atoms with Gasteiger partial charge in [0, 0.05) is 45.1 Å². The molecule has 8 nitrogen and oxygen atoms in total. The third-order valence-corrected chi connectivity index (χ3v) is 4.19. The number of carboxylic acid groups (broad SMARTS) is 1. The second-order valence-corrected chi connectivity index (χ2v) is 7.03. The Labute approximate surface area is 204 Å². The van der Waals surface area contributed by atoms with E-state index in [2.05, 4.69) is 37.5 Å². The van der Waals surface area contributed by atoms with E-state index < -0.39 is 11.8 Å². The maximum Gasteiger partial charge on any atom is 0.300 e. The number of rotatable bonds is 5. The molecule has 0 saturated carbocycles. The Hall–Kier alpha value is -3.48. The van der Waals surface area contributed by atoms with Gasteiger partial charge < -0.3 is 10.4 Å². The van der Waals surface area contributed by atoms with Crippen molar-refractivity contribution in [2.75, 3.05) is 5.32 Å². The first kappa shape index (κ1) is 25.8. The van der Waals surface area contributed by atoms with Crippen LogP contribution >= 0.6 is 0 Å². The van der Waals surface area contributed by atoms with Gasteiger partial charge in [-0.05, 0) is 43.7 Å². The molecule has 0 aliphatic heterocycles. The number of hydrogen-bond donors (Lipinski definition) is 2. The smallest absolute Gasteiger partial charge is 0.300 e. The number of nitrogens with zero attached hydrogens (tertiary/aromatic N) is 5. The Morgan fingerprint density at radius 2 is 1.79 bits per heavy atom. The van der Waals surface area contributed by atoms with E-state index in [0.29, 0.717) is 29.6 Å². The van der Waals surface area contributed by atoms with E-state index in [1.54, 1.807) is 19.1 Å². The van der Waals surface area contributed by atoms with Crippen molar-refractivity contribution in [3.63, 3.8) is 0 Å². The van der Waals surface area contributed by atoms with Crippen molar-refractivity contribution in [3.8, 4) is 5.69 Å². The molecule has 2 aromatic heterocycles. The Kier molecular flexibility index (Phi) is 9.33. The minimum absolute atomic E-state index is 0. The Morgan fingerprint density at radius 3 is 2.39 bits per heavy atom. The van der Waals surface area contributed by atoms with Crippen LogP contribution in [0.1, 0.15) is 29.7 Å². The molecule has 0 saturated heterocycles. The first-order valence-electron chi connectivity index (χ1n) is 9.83. The van der Waals surface area contributed by atoms with Crippen LogP contribution in [0, 0.1) is 19.7 Å². The Morgan fingerprint density at radius 1 is 1.09 bits per heavy atom. The first-order valence-corrected chi connectivity index (χ1v) is 9.83. The molecule has 4 aromatic rings. The van der Waals surface area contributed by atoms with Gasteiger partial charge in [-0.2, -0.15) is 5.10 Å². The predicted molar refractivity (Wildman–Crippen MR) is 119 cm³/mol. The number of anilines is 2. The number of aromatic nitrogens is 5. The average molecular weight is 541 g/mol. The topological polar surface area (TPSA) is 106 Å². The fourth-order valence-corrected chi connectivity index (χ4v) is 2.95. The van der Waals surface area contributed by atoms with Crippen molar-refractivity contribution in [2.24, 2.45) is 0 Å². The van der Waals surface area contributed by atoms with E-state index in [1.165, 1.54) is 22.6 Å². The third kappa shape index (κ3) is 7.86. The monoisotopic (exact) mass is 540 g/mol. The number of carboxylic acids is 1. The molecule has 33 heavy (non-hydrogen) atoms. The number of nitrogens with one attached hydrogen (secondary N) is 1. The zero-order valence-electron chi connectivity index (χ0n) is 18.3. The molecule has 0 unspecified atom stereocenters. The first-order chi connectivity index (χ1) is 15.3. The summed E-state index contributed by atoms with van der Waals surface area (Å²) in [6.07, 6.45) is 2.19. The SMILES string of the molecule is CC(=O)O.Cc1cc(Cc2ccccc2)nc(Nc2ccc(-n3cnc(C)n3)c(F)c2)n1.[Pd]. The molecule has 0 radical (unpaired) electrons. The molecule has 0 aliphatic carbocycles. The van der Waals surface area contributed by atoms with E-state index in [0.717, 1.165) is 18.3 Å². The number of halogens is 1.